The van der Waals surface area contributed by atoms with Crippen molar-refractivity contribution in [1.82, 2.24) is 0 Å². The Kier molecular flexibility index (Phi) is 4.55. The lowest BCUT2D eigenvalue weighted by atomic mass is 10.2. The van der Waals surface area contributed by atoms with Gasteiger partial charge in [0.1, 0.15) is 11.2 Å². The summed E-state index contributed by atoms with van der Waals surface area (Å²) in [6.45, 7) is 2.69. The first-order valence-electron chi connectivity index (χ1n) is 4.92. The molecule has 0 saturated carbocycles. The first-order chi connectivity index (χ1) is 7.54. The van der Waals surface area contributed by atoms with Crippen molar-refractivity contribution in [3.8, 4) is 0 Å². The van der Waals surface area contributed by atoms with Crippen LogP contribution in [0.3, 0.4) is 0 Å². The Hall–Kier alpha value is -1.29. The summed E-state index contributed by atoms with van der Waals surface area (Å²) in [7, 11) is 0. The Bertz CT molecular complexity index is 356. The zero-order chi connectivity index (χ0) is 12.1. The minimum Gasteiger partial charge on any atom is -0.480 e. The van der Waals surface area contributed by atoms with Crippen LogP contribution < -0.4 is 4.90 Å². The Morgan fingerprint density at radius 1 is 1.50 bits per heavy atom. The van der Waals surface area contributed by atoms with E-state index in [-0.39, 0.29) is 12.4 Å². The fourth-order valence-corrected chi connectivity index (χ4v) is 1.51. The van der Waals surface area contributed by atoms with Crippen molar-refractivity contribution in [2.75, 3.05) is 18.0 Å². The smallest absolute Gasteiger partial charge is 0.323 e. The lowest BCUT2D eigenvalue weighted by molar-refractivity contribution is -0.136. The molecule has 5 heteroatoms. The van der Waals surface area contributed by atoms with Crippen LogP contribution in [-0.2, 0) is 4.79 Å². The number of hydrogen-bond acceptors (Lipinski definition) is 2. The van der Waals surface area contributed by atoms with E-state index in [9.17, 15) is 9.18 Å². The van der Waals surface area contributed by atoms with Crippen LogP contribution in [0.15, 0.2) is 24.3 Å². The number of carboxylic acid groups (broad SMARTS) is 1. The van der Waals surface area contributed by atoms with Crippen LogP contribution in [0.25, 0.3) is 0 Å². The molecular weight excluding hydrogens is 233 g/mol. The fraction of sp³-hybridized carbons (Fsp3) is 0.364. The van der Waals surface area contributed by atoms with E-state index in [1.807, 2.05) is 6.92 Å². The van der Waals surface area contributed by atoms with E-state index in [2.05, 4.69) is 0 Å². The van der Waals surface area contributed by atoms with Crippen LogP contribution in [0.2, 0.25) is 0 Å². The minimum absolute atomic E-state index is 0.193. The van der Waals surface area contributed by atoms with Gasteiger partial charge < -0.3 is 10.0 Å². The molecule has 88 valence electrons. The normalized spacial score (nSPS) is 12.2. The molecule has 1 aromatic carbocycles. The maximum Gasteiger partial charge on any atom is 0.323 e. The van der Waals surface area contributed by atoms with Crippen molar-refractivity contribution in [2.45, 2.75) is 12.3 Å². The van der Waals surface area contributed by atoms with Gasteiger partial charge in [-0.2, -0.15) is 0 Å². The van der Waals surface area contributed by atoms with Gasteiger partial charge in [0.2, 0.25) is 0 Å². The van der Waals surface area contributed by atoms with E-state index in [0.29, 0.717) is 6.54 Å². The number of nitrogens with zero attached hydrogens (tertiary/aromatic N) is 1. The molecule has 0 spiro atoms. The van der Waals surface area contributed by atoms with Crippen molar-refractivity contribution >= 4 is 23.3 Å². The summed E-state index contributed by atoms with van der Waals surface area (Å²) in [6, 6.07) is 5.87. The highest BCUT2D eigenvalue weighted by Crippen LogP contribution is 2.16. The van der Waals surface area contributed by atoms with Gasteiger partial charge in [0.25, 0.3) is 0 Å². The molecule has 0 aliphatic rings. The third-order valence-corrected chi connectivity index (χ3v) is 2.55. The first-order valence-corrected chi connectivity index (χ1v) is 5.35. The van der Waals surface area contributed by atoms with Gasteiger partial charge in [0.15, 0.2) is 0 Å². The molecule has 1 aromatic rings. The average Bonchev–Trinajstić information content (AvgIpc) is 2.26. The van der Waals surface area contributed by atoms with Crippen molar-refractivity contribution < 1.29 is 14.3 Å². The highest BCUT2D eigenvalue weighted by Gasteiger charge is 2.17. The molecule has 1 N–H and O–H groups in total. The second-order valence-electron chi connectivity index (χ2n) is 3.32. The average molecular weight is 246 g/mol. The topological polar surface area (TPSA) is 40.5 Å². The van der Waals surface area contributed by atoms with Gasteiger partial charge >= 0.3 is 5.97 Å². The maximum atomic E-state index is 12.7. The summed E-state index contributed by atoms with van der Waals surface area (Å²) >= 11 is 5.66. The summed E-state index contributed by atoms with van der Waals surface area (Å²) in [5.41, 5.74) is 0.760. The Balaban J connectivity index is 2.74. The number of carbonyl (C=O) groups is 1. The summed E-state index contributed by atoms with van der Waals surface area (Å²) < 4.78 is 12.7. The number of anilines is 1. The number of halogens is 2. The highest BCUT2D eigenvalue weighted by atomic mass is 35.5. The molecular formula is C11H13ClFNO2. The minimum atomic E-state index is -1.05. The van der Waals surface area contributed by atoms with E-state index in [0.717, 1.165) is 5.69 Å². The number of hydrogen-bond donors (Lipinski definition) is 1. The number of carboxylic acids is 1. The highest BCUT2D eigenvalue weighted by molar-refractivity contribution is 6.30. The zero-order valence-electron chi connectivity index (χ0n) is 8.86. The largest absolute Gasteiger partial charge is 0.480 e. The molecule has 3 nitrogen and oxygen atoms in total. The molecule has 0 aliphatic heterocycles. The van der Waals surface area contributed by atoms with Gasteiger partial charge in [0, 0.05) is 18.8 Å². The maximum absolute atomic E-state index is 12.7. The van der Waals surface area contributed by atoms with E-state index < -0.39 is 11.3 Å². The van der Waals surface area contributed by atoms with Crippen LogP contribution in [0.1, 0.15) is 6.92 Å². The molecule has 0 amide bonds. The van der Waals surface area contributed by atoms with Crippen molar-refractivity contribution in [2.24, 2.45) is 0 Å². The predicted molar refractivity (Wildman–Crippen MR) is 61.6 cm³/mol. The van der Waals surface area contributed by atoms with E-state index in [4.69, 9.17) is 16.7 Å². The number of benzene rings is 1. The Labute approximate surface area is 98.4 Å². The van der Waals surface area contributed by atoms with Crippen LogP contribution in [0.5, 0.6) is 0 Å². The molecule has 16 heavy (non-hydrogen) atoms. The molecule has 0 saturated heterocycles. The van der Waals surface area contributed by atoms with Crippen molar-refractivity contribution in [3.05, 3.63) is 30.1 Å². The Morgan fingerprint density at radius 3 is 2.50 bits per heavy atom. The fourth-order valence-electron chi connectivity index (χ4n) is 1.34. The Morgan fingerprint density at radius 2 is 2.06 bits per heavy atom. The van der Waals surface area contributed by atoms with Crippen LogP contribution in [0, 0.1) is 5.82 Å². The van der Waals surface area contributed by atoms with Crippen LogP contribution in [0.4, 0.5) is 10.1 Å². The van der Waals surface area contributed by atoms with Crippen LogP contribution in [-0.4, -0.2) is 29.5 Å². The quantitative estimate of drug-likeness (QED) is 0.810. The third kappa shape index (κ3) is 3.38. The van der Waals surface area contributed by atoms with E-state index >= 15 is 0 Å². The number of alkyl halides is 1. The second kappa shape index (κ2) is 5.70. The van der Waals surface area contributed by atoms with E-state index in [1.165, 1.54) is 12.1 Å². The number of aliphatic carboxylic acids is 1. The lowest BCUT2D eigenvalue weighted by Crippen LogP contribution is -2.33. The standard InChI is InChI=1S/C11H13ClFNO2/c1-2-14(7-10(12)11(15)16)9-5-3-8(13)4-6-9/h3-6,10H,2,7H2,1H3,(H,15,16). The predicted octanol–water partition coefficient (Wildman–Crippen LogP) is 2.34. The van der Waals surface area contributed by atoms with Gasteiger partial charge in [-0.25, -0.2) is 4.39 Å². The van der Waals surface area contributed by atoms with Gasteiger partial charge in [-0.3, -0.25) is 4.79 Å². The monoisotopic (exact) mass is 245 g/mol. The van der Waals surface area contributed by atoms with Gasteiger partial charge in [-0.15, -0.1) is 11.6 Å². The SMILES string of the molecule is CCN(CC(Cl)C(=O)O)c1ccc(F)cc1. The van der Waals surface area contributed by atoms with Crippen molar-refractivity contribution in [3.63, 3.8) is 0 Å². The van der Waals surface area contributed by atoms with Gasteiger partial charge in [0.05, 0.1) is 0 Å². The second-order valence-corrected chi connectivity index (χ2v) is 3.85. The molecule has 0 radical (unpaired) electrons. The first kappa shape index (κ1) is 12.8. The summed E-state index contributed by atoms with van der Waals surface area (Å²) in [4.78, 5) is 12.4. The summed E-state index contributed by atoms with van der Waals surface area (Å²) in [5, 5.41) is 7.73. The molecule has 0 bridgehead atoms. The number of rotatable bonds is 5. The summed E-state index contributed by atoms with van der Waals surface area (Å²) in [6.07, 6.45) is 0. The summed E-state index contributed by atoms with van der Waals surface area (Å²) in [5.74, 6) is -1.37. The van der Waals surface area contributed by atoms with Crippen molar-refractivity contribution in [1.29, 1.82) is 0 Å². The molecule has 0 aliphatic carbocycles. The zero-order valence-corrected chi connectivity index (χ0v) is 9.62. The van der Waals surface area contributed by atoms with Gasteiger partial charge in [-0.05, 0) is 31.2 Å². The molecule has 0 heterocycles. The van der Waals surface area contributed by atoms with E-state index in [1.54, 1.807) is 17.0 Å². The molecule has 1 atom stereocenters. The molecule has 0 fully saturated rings. The lowest BCUT2D eigenvalue weighted by Gasteiger charge is -2.24. The molecule has 0 aromatic heterocycles. The molecule has 1 rings (SSSR count). The van der Waals surface area contributed by atoms with Gasteiger partial charge in [-0.1, -0.05) is 0 Å². The van der Waals surface area contributed by atoms with Crippen LogP contribution >= 0.6 is 11.6 Å². The third-order valence-electron chi connectivity index (χ3n) is 2.22. The molecule has 1 unspecified atom stereocenters.